The highest BCUT2D eigenvalue weighted by molar-refractivity contribution is 5.93. The number of aryl methyl sites for hydroxylation is 1. The third kappa shape index (κ3) is 3.18. The van der Waals surface area contributed by atoms with Gasteiger partial charge in [0.2, 0.25) is 5.91 Å². The standard InChI is InChI=1S/C12H16N4O3/c1-15-8-13-14-12(15)9-3-2-6-16(7-9)10(17)4-5-11(18)19/h4-5,8-9H,2-3,6-7H2,1H3,(H,18,19)/b5-4+. The van der Waals surface area contributed by atoms with Crippen molar-refractivity contribution in [3.8, 4) is 0 Å². The molecule has 1 aliphatic heterocycles. The Balaban J connectivity index is 2.03. The smallest absolute Gasteiger partial charge is 0.328 e. The molecule has 0 aliphatic carbocycles. The van der Waals surface area contributed by atoms with Crippen molar-refractivity contribution in [1.29, 1.82) is 0 Å². The van der Waals surface area contributed by atoms with Gasteiger partial charge in [-0.1, -0.05) is 0 Å². The van der Waals surface area contributed by atoms with Gasteiger partial charge in [0.15, 0.2) is 0 Å². The van der Waals surface area contributed by atoms with Gasteiger partial charge >= 0.3 is 5.97 Å². The van der Waals surface area contributed by atoms with Crippen molar-refractivity contribution in [2.75, 3.05) is 13.1 Å². The number of carbonyl (C=O) groups excluding carboxylic acids is 1. The van der Waals surface area contributed by atoms with Gasteiger partial charge in [-0.2, -0.15) is 0 Å². The summed E-state index contributed by atoms with van der Waals surface area (Å²) in [5.74, 6) is -0.368. The molecule has 1 unspecified atom stereocenters. The van der Waals surface area contributed by atoms with Crippen LogP contribution in [-0.4, -0.2) is 49.7 Å². The molecule has 102 valence electrons. The molecular weight excluding hydrogens is 248 g/mol. The Bertz CT molecular complexity index is 509. The second-order valence-corrected chi connectivity index (χ2v) is 4.60. The van der Waals surface area contributed by atoms with Crippen molar-refractivity contribution in [2.24, 2.45) is 7.05 Å². The van der Waals surface area contributed by atoms with Crippen LogP contribution in [0.2, 0.25) is 0 Å². The predicted octanol–water partition coefficient (Wildman–Crippen LogP) is 0.162. The molecule has 1 N–H and O–H groups in total. The van der Waals surface area contributed by atoms with E-state index in [1.54, 1.807) is 11.2 Å². The lowest BCUT2D eigenvalue weighted by Crippen LogP contribution is -2.38. The molecule has 2 rings (SSSR count). The molecule has 0 aromatic carbocycles. The number of carbonyl (C=O) groups is 2. The zero-order valence-electron chi connectivity index (χ0n) is 10.7. The van der Waals surface area contributed by atoms with Gasteiger partial charge in [0.25, 0.3) is 0 Å². The van der Waals surface area contributed by atoms with E-state index in [-0.39, 0.29) is 11.8 Å². The number of hydrogen-bond donors (Lipinski definition) is 1. The first-order chi connectivity index (χ1) is 9.08. The molecule has 1 fully saturated rings. The number of carboxylic acids is 1. The number of carboxylic acid groups (broad SMARTS) is 1. The first-order valence-corrected chi connectivity index (χ1v) is 6.11. The van der Waals surface area contributed by atoms with Crippen molar-refractivity contribution in [3.63, 3.8) is 0 Å². The van der Waals surface area contributed by atoms with E-state index in [1.807, 2.05) is 11.6 Å². The summed E-state index contributed by atoms with van der Waals surface area (Å²) >= 11 is 0. The molecule has 0 radical (unpaired) electrons. The molecule has 7 nitrogen and oxygen atoms in total. The maximum Gasteiger partial charge on any atom is 0.328 e. The van der Waals surface area contributed by atoms with E-state index in [1.165, 1.54) is 0 Å². The fourth-order valence-electron chi connectivity index (χ4n) is 2.30. The van der Waals surface area contributed by atoms with E-state index in [0.29, 0.717) is 13.1 Å². The Morgan fingerprint density at radius 2 is 2.26 bits per heavy atom. The first-order valence-electron chi connectivity index (χ1n) is 6.11. The molecule has 1 aliphatic rings. The second-order valence-electron chi connectivity index (χ2n) is 4.60. The SMILES string of the molecule is Cn1cnnc1C1CCCN(C(=O)/C=C/C(=O)O)C1. The van der Waals surface area contributed by atoms with E-state index >= 15 is 0 Å². The van der Waals surface area contributed by atoms with Crippen LogP contribution in [0.3, 0.4) is 0 Å². The van der Waals surface area contributed by atoms with Crippen LogP contribution < -0.4 is 0 Å². The summed E-state index contributed by atoms with van der Waals surface area (Å²) in [5.41, 5.74) is 0. The van der Waals surface area contributed by atoms with Gasteiger partial charge in [0, 0.05) is 38.2 Å². The molecular formula is C12H16N4O3. The van der Waals surface area contributed by atoms with Gasteiger partial charge in [-0.05, 0) is 12.8 Å². The molecule has 1 aromatic heterocycles. The Hall–Kier alpha value is -2.18. The van der Waals surface area contributed by atoms with Crippen molar-refractivity contribution in [1.82, 2.24) is 19.7 Å². The topological polar surface area (TPSA) is 88.3 Å². The van der Waals surface area contributed by atoms with Gasteiger partial charge in [0.1, 0.15) is 12.2 Å². The number of hydrogen-bond acceptors (Lipinski definition) is 4. The Morgan fingerprint density at radius 3 is 2.89 bits per heavy atom. The summed E-state index contributed by atoms with van der Waals surface area (Å²) < 4.78 is 1.85. The second kappa shape index (κ2) is 5.64. The molecule has 0 spiro atoms. The Kier molecular flexibility index (Phi) is 3.94. The van der Waals surface area contributed by atoms with Crippen molar-refractivity contribution in [3.05, 3.63) is 24.3 Å². The van der Waals surface area contributed by atoms with Gasteiger partial charge in [0.05, 0.1) is 0 Å². The number of rotatable bonds is 3. The maximum atomic E-state index is 11.8. The predicted molar refractivity (Wildman–Crippen MR) is 66.3 cm³/mol. The van der Waals surface area contributed by atoms with Crippen molar-refractivity contribution in [2.45, 2.75) is 18.8 Å². The average molecular weight is 264 g/mol. The summed E-state index contributed by atoms with van der Waals surface area (Å²) in [4.78, 5) is 23.9. The lowest BCUT2D eigenvalue weighted by atomic mass is 9.97. The molecule has 1 aromatic rings. The first kappa shape index (κ1) is 13.3. The van der Waals surface area contributed by atoms with Crippen LogP contribution >= 0.6 is 0 Å². The average Bonchev–Trinajstić information content (AvgIpc) is 2.82. The fourth-order valence-corrected chi connectivity index (χ4v) is 2.30. The van der Waals surface area contributed by atoms with Gasteiger partial charge < -0.3 is 14.6 Å². The zero-order chi connectivity index (χ0) is 13.8. The minimum absolute atomic E-state index is 0.156. The lowest BCUT2D eigenvalue weighted by Gasteiger charge is -2.31. The van der Waals surface area contributed by atoms with E-state index in [4.69, 9.17) is 5.11 Å². The zero-order valence-corrected chi connectivity index (χ0v) is 10.7. The van der Waals surface area contributed by atoms with Gasteiger partial charge in [-0.15, -0.1) is 10.2 Å². The summed E-state index contributed by atoms with van der Waals surface area (Å²) in [6.07, 6.45) is 5.44. The minimum Gasteiger partial charge on any atom is -0.478 e. The number of aromatic nitrogens is 3. The maximum absolute atomic E-state index is 11.8. The van der Waals surface area contributed by atoms with E-state index in [2.05, 4.69) is 10.2 Å². The van der Waals surface area contributed by atoms with Crippen LogP contribution in [0.15, 0.2) is 18.5 Å². The molecule has 19 heavy (non-hydrogen) atoms. The van der Waals surface area contributed by atoms with Crippen LogP contribution in [0.4, 0.5) is 0 Å². The Morgan fingerprint density at radius 1 is 1.47 bits per heavy atom. The number of nitrogens with zero attached hydrogens (tertiary/aromatic N) is 4. The van der Waals surface area contributed by atoms with Crippen LogP contribution in [0.25, 0.3) is 0 Å². The number of piperidine rings is 1. The van der Waals surface area contributed by atoms with Crippen LogP contribution in [-0.2, 0) is 16.6 Å². The minimum atomic E-state index is -1.12. The number of amides is 1. The van der Waals surface area contributed by atoms with Crippen LogP contribution in [0, 0.1) is 0 Å². The summed E-state index contributed by atoms with van der Waals surface area (Å²) in [6.45, 7) is 1.20. The molecule has 1 amide bonds. The quantitative estimate of drug-likeness (QED) is 0.786. The van der Waals surface area contributed by atoms with E-state index in [9.17, 15) is 9.59 Å². The third-order valence-corrected chi connectivity index (χ3v) is 3.21. The summed E-state index contributed by atoms with van der Waals surface area (Å²) in [5, 5.41) is 16.4. The van der Waals surface area contributed by atoms with Gasteiger partial charge in [-0.3, -0.25) is 4.79 Å². The fraction of sp³-hybridized carbons (Fsp3) is 0.500. The summed E-state index contributed by atoms with van der Waals surface area (Å²) in [6, 6.07) is 0. The monoisotopic (exact) mass is 264 g/mol. The van der Waals surface area contributed by atoms with Crippen molar-refractivity contribution < 1.29 is 14.7 Å². The molecule has 0 bridgehead atoms. The Labute approximate surface area is 110 Å². The summed E-state index contributed by atoms with van der Waals surface area (Å²) in [7, 11) is 1.88. The highest BCUT2D eigenvalue weighted by Crippen LogP contribution is 2.25. The van der Waals surface area contributed by atoms with E-state index in [0.717, 1.165) is 30.8 Å². The van der Waals surface area contributed by atoms with Gasteiger partial charge in [-0.25, -0.2) is 4.79 Å². The third-order valence-electron chi connectivity index (χ3n) is 3.21. The largest absolute Gasteiger partial charge is 0.478 e. The molecule has 7 heteroatoms. The molecule has 1 saturated heterocycles. The van der Waals surface area contributed by atoms with Crippen molar-refractivity contribution >= 4 is 11.9 Å². The van der Waals surface area contributed by atoms with Crippen LogP contribution in [0.5, 0.6) is 0 Å². The lowest BCUT2D eigenvalue weighted by molar-refractivity contribution is -0.132. The van der Waals surface area contributed by atoms with Crippen LogP contribution in [0.1, 0.15) is 24.6 Å². The highest BCUT2D eigenvalue weighted by Gasteiger charge is 2.26. The molecule has 0 saturated carbocycles. The normalized spacial score (nSPS) is 19.8. The number of likely N-dealkylation sites (tertiary alicyclic amines) is 1. The highest BCUT2D eigenvalue weighted by atomic mass is 16.4. The number of aliphatic carboxylic acids is 1. The molecule has 2 heterocycles. The molecule has 1 atom stereocenters. The van der Waals surface area contributed by atoms with E-state index < -0.39 is 5.97 Å².